The summed E-state index contributed by atoms with van der Waals surface area (Å²) in [6, 6.07) is 0. The summed E-state index contributed by atoms with van der Waals surface area (Å²) in [4.78, 5) is 11.6. The second kappa shape index (κ2) is 2.82. The van der Waals surface area contributed by atoms with Crippen LogP contribution in [0.5, 0.6) is 0 Å². The van der Waals surface area contributed by atoms with Crippen molar-refractivity contribution in [2.45, 2.75) is 52.1 Å². The van der Waals surface area contributed by atoms with Gasteiger partial charge in [-0.15, -0.1) is 0 Å². The first kappa shape index (κ1) is 9.69. The standard InChI is InChI=1S/C10H17FO/c1-9(2,3)8(12)10(11)6-4-5-7-10/h4-7H2,1-3H3. The third kappa shape index (κ3) is 1.67. The zero-order chi connectivity index (χ0) is 9.41. The summed E-state index contributed by atoms with van der Waals surface area (Å²) in [5.74, 6) is -0.215. The Labute approximate surface area is 73.3 Å². The van der Waals surface area contributed by atoms with Gasteiger partial charge in [-0.2, -0.15) is 0 Å². The lowest BCUT2D eigenvalue weighted by molar-refractivity contribution is -0.138. The Morgan fingerprint density at radius 1 is 1.25 bits per heavy atom. The van der Waals surface area contributed by atoms with Crippen LogP contribution in [-0.2, 0) is 4.79 Å². The average molecular weight is 172 g/mol. The molecule has 0 bridgehead atoms. The fourth-order valence-corrected chi connectivity index (χ4v) is 1.83. The highest BCUT2D eigenvalue weighted by Gasteiger charge is 2.45. The summed E-state index contributed by atoms with van der Waals surface area (Å²) < 4.78 is 13.9. The molecule has 1 saturated carbocycles. The fraction of sp³-hybridized carbons (Fsp3) is 0.900. The van der Waals surface area contributed by atoms with Crippen molar-refractivity contribution in [2.24, 2.45) is 5.41 Å². The molecule has 2 heteroatoms. The Morgan fingerprint density at radius 3 is 2.00 bits per heavy atom. The van der Waals surface area contributed by atoms with Crippen molar-refractivity contribution in [3.8, 4) is 0 Å². The smallest absolute Gasteiger partial charge is 0.175 e. The Hall–Kier alpha value is -0.400. The highest BCUT2D eigenvalue weighted by atomic mass is 19.1. The van der Waals surface area contributed by atoms with Crippen LogP contribution < -0.4 is 0 Å². The van der Waals surface area contributed by atoms with E-state index in [4.69, 9.17) is 0 Å². The van der Waals surface area contributed by atoms with E-state index in [2.05, 4.69) is 0 Å². The van der Waals surface area contributed by atoms with Gasteiger partial charge in [0.2, 0.25) is 0 Å². The van der Waals surface area contributed by atoms with E-state index in [0.29, 0.717) is 12.8 Å². The monoisotopic (exact) mass is 172 g/mol. The molecule has 0 atom stereocenters. The number of carbonyl (C=O) groups excluding carboxylic acids is 1. The SMILES string of the molecule is CC(C)(C)C(=O)C1(F)CCCC1. The molecule has 0 radical (unpaired) electrons. The minimum absolute atomic E-state index is 0.215. The van der Waals surface area contributed by atoms with E-state index >= 15 is 0 Å². The average Bonchev–Trinajstić information content (AvgIpc) is 2.34. The van der Waals surface area contributed by atoms with Crippen molar-refractivity contribution in [1.29, 1.82) is 0 Å². The van der Waals surface area contributed by atoms with Gasteiger partial charge in [0.25, 0.3) is 0 Å². The van der Waals surface area contributed by atoms with E-state index in [-0.39, 0.29) is 5.78 Å². The zero-order valence-corrected chi connectivity index (χ0v) is 8.11. The number of alkyl halides is 1. The second-order valence-corrected chi connectivity index (χ2v) is 4.75. The molecule has 0 unspecified atom stereocenters. The van der Waals surface area contributed by atoms with Crippen molar-refractivity contribution in [2.75, 3.05) is 0 Å². The Kier molecular flexibility index (Phi) is 2.28. The van der Waals surface area contributed by atoms with E-state index < -0.39 is 11.1 Å². The quantitative estimate of drug-likeness (QED) is 0.594. The van der Waals surface area contributed by atoms with Crippen LogP contribution in [-0.4, -0.2) is 11.5 Å². The molecule has 0 aliphatic heterocycles. The number of halogens is 1. The number of carbonyl (C=O) groups is 1. The third-order valence-corrected chi connectivity index (χ3v) is 2.48. The molecule has 0 amide bonds. The number of rotatable bonds is 1. The first-order valence-electron chi connectivity index (χ1n) is 4.60. The summed E-state index contributed by atoms with van der Waals surface area (Å²) in [7, 11) is 0. The van der Waals surface area contributed by atoms with E-state index in [1.165, 1.54) is 0 Å². The molecule has 0 saturated heterocycles. The van der Waals surface area contributed by atoms with Crippen molar-refractivity contribution in [1.82, 2.24) is 0 Å². The van der Waals surface area contributed by atoms with Gasteiger partial charge in [0, 0.05) is 5.41 Å². The first-order valence-corrected chi connectivity index (χ1v) is 4.60. The Balaban J connectivity index is 2.75. The summed E-state index contributed by atoms with van der Waals surface area (Å²) in [5, 5.41) is 0. The van der Waals surface area contributed by atoms with Gasteiger partial charge in [0.15, 0.2) is 11.5 Å². The normalized spacial score (nSPS) is 22.7. The summed E-state index contributed by atoms with van der Waals surface area (Å²) in [5.41, 5.74) is -2.03. The molecule has 0 heterocycles. The fourth-order valence-electron chi connectivity index (χ4n) is 1.83. The summed E-state index contributed by atoms with van der Waals surface area (Å²) in [6.45, 7) is 5.36. The van der Waals surface area contributed by atoms with Crippen molar-refractivity contribution in [3.63, 3.8) is 0 Å². The molecule has 0 aromatic heterocycles. The number of Topliss-reactive ketones (excluding diaryl/α,β-unsaturated/α-hetero) is 1. The molecule has 12 heavy (non-hydrogen) atoms. The van der Waals surface area contributed by atoms with E-state index in [1.807, 2.05) is 0 Å². The molecule has 1 fully saturated rings. The highest BCUT2D eigenvalue weighted by Crippen LogP contribution is 2.39. The van der Waals surface area contributed by atoms with Crippen LogP contribution in [0.2, 0.25) is 0 Å². The van der Waals surface area contributed by atoms with Crippen LogP contribution in [0.3, 0.4) is 0 Å². The van der Waals surface area contributed by atoms with Crippen LogP contribution in [0, 0.1) is 5.41 Å². The predicted molar refractivity (Wildman–Crippen MR) is 46.8 cm³/mol. The lowest BCUT2D eigenvalue weighted by Crippen LogP contribution is -2.39. The molecule has 1 aliphatic rings. The van der Waals surface area contributed by atoms with Crippen molar-refractivity contribution in [3.05, 3.63) is 0 Å². The largest absolute Gasteiger partial charge is 0.295 e. The van der Waals surface area contributed by atoms with Crippen LogP contribution >= 0.6 is 0 Å². The van der Waals surface area contributed by atoms with Gasteiger partial charge >= 0.3 is 0 Å². The molecule has 70 valence electrons. The maximum Gasteiger partial charge on any atom is 0.175 e. The van der Waals surface area contributed by atoms with Gasteiger partial charge in [0.05, 0.1) is 0 Å². The highest BCUT2D eigenvalue weighted by molar-refractivity contribution is 5.91. The zero-order valence-electron chi connectivity index (χ0n) is 8.11. The van der Waals surface area contributed by atoms with Crippen molar-refractivity contribution < 1.29 is 9.18 Å². The molecule has 1 nitrogen and oxygen atoms in total. The minimum Gasteiger partial charge on any atom is -0.295 e. The molecule has 0 aromatic rings. The van der Waals surface area contributed by atoms with E-state index in [1.54, 1.807) is 20.8 Å². The van der Waals surface area contributed by atoms with Gasteiger partial charge in [0.1, 0.15) is 0 Å². The van der Waals surface area contributed by atoms with Gasteiger partial charge in [-0.3, -0.25) is 4.79 Å². The van der Waals surface area contributed by atoms with Gasteiger partial charge in [-0.1, -0.05) is 20.8 Å². The number of hydrogen-bond donors (Lipinski definition) is 0. The molecule has 0 N–H and O–H groups in total. The third-order valence-electron chi connectivity index (χ3n) is 2.48. The molecule has 1 rings (SSSR count). The van der Waals surface area contributed by atoms with E-state index in [0.717, 1.165) is 12.8 Å². The predicted octanol–water partition coefficient (Wildman–Crippen LogP) is 2.88. The lowest BCUT2D eigenvalue weighted by Gasteiger charge is -2.26. The van der Waals surface area contributed by atoms with Crippen LogP contribution in [0.15, 0.2) is 0 Å². The van der Waals surface area contributed by atoms with Crippen LogP contribution in [0.4, 0.5) is 4.39 Å². The summed E-state index contributed by atoms with van der Waals surface area (Å²) >= 11 is 0. The maximum absolute atomic E-state index is 13.9. The maximum atomic E-state index is 13.9. The Bertz CT molecular complexity index is 185. The van der Waals surface area contributed by atoms with Gasteiger partial charge < -0.3 is 0 Å². The topological polar surface area (TPSA) is 17.1 Å². The van der Waals surface area contributed by atoms with Crippen molar-refractivity contribution >= 4 is 5.78 Å². The van der Waals surface area contributed by atoms with Crippen LogP contribution in [0.1, 0.15) is 46.5 Å². The first-order chi connectivity index (χ1) is 5.36. The van der Waals surface area contributed by atoms with E-state index in [9.17, 15) is 9.18 Å². The molecule has 0 aromatic carbocycles. The number of ketones is 1. The molecule has 1 aliphatic carbocycles. The van der Waals surface area contributed by atoms with Gasteiger partial charge in [-0.25, -0.2) is 4.39 Å². The molecule has 0 spiro atoms. The second-order valence-electron chi connectivity index (χ2n) is 4.75. The van der Waals surface area contributed by atoms with Crippen LogP contribution in [0.25, 0.3) is 0 Å². The lowest BCUT2D eigenvalue weighted by atomic mass is 9.80. The number of hydrogen-bond acceptors (Lipinski definition) is 1. The molecular formula is C10H17FO. The van der Waals surface area contributed by atoms with Gasteiger partial charge in [-0.05, 0) is 25.7 Å². The Morgan fingerprint density at radius 2 is 1.67 bits per heavy atom. The summed E-state index contributed by atoms with van der Waals surface area (Å²) in [6.07, 6.45) is 2.59. The molecular weight excluding hydrogens is 155 g/mol. The minimum atomic E-state index is -1.50.